The van der Waals surface area contributed by atoms with Gasteiger partial charge >= 0.3 is 0 Å². The maximum Gasteiger partial charge on any atom is 0.292 e. The first-order valence-electron chi connectivity index (χ1n) is 9.95. The lowest BCUT2D eigenvalue weighted by Gasteiger charge is -2.37. The van der Waals surface area contributed by atoms with Crippen molar-refractivity contribution < 1.29 is 23.8 Å². The summed E-state index contributed by atoms with van der Waals surface area (Å²) in [5.74, 6) is -1.03. The lowest BCUT2D eigenvalue weighted by Crippen LogP contribution is -3.31. The highest BCUT2D eigenvalue weighted by Gasteiger charge is 2.48. The fraction of sp³-hybridized carbons (Fsp3) is 0.600. The Morgan fingerprint density at radius 3 is 2.27 bits per heavy atom. The molecular weight excluding hydrogens is 333 g/mol. The summed E-state index contributed by atoms with van der Waals surface area (Å²) < 4.78 is 14.1. The van der Waals surface area contributed by atoms with E-state index in [4.69, 9.17) is 0 Å². The highest BCUT2D eigenvalue weighted by Crippen LogP contribution is 2.24. The molecule has 1 saturated carbocycles. The first-order valence-corrected chi connectivity index (χ1v) is 9.95. The molecule has 1 aromatic carbocycles. The van der Waals surface area contributed by atoms with Crippen molar-refractivity contribution >= 4 is 17.5 Å². The maximum atomic E-state index is 14.1. The number of amides is 2. The Morgan fingerprint density at radius 2 is 1.58 bits per heavy atom. The molecule has 3 fully saturated rings. The van der Waals surface area contributed by atoms with Crippen LogP contribution in [0.3, 0.4) is 0 Å². The molecular formula is C20H28FN3O2+2. The third kappa shape index (κ3) is 3.28. The van der Waals surface area contributed by atoms with Crippen LogP contribution in [0.4, 0.5) is 10.1 Å². The number of anilines is 1. The van der Waals surface area contributed by atoms with Crippen LogP contribution in [-0.2, 0) is 9.59 Å². The van der Waals surface area contributed by atoms with Crippen molar-refractivity contribution in [1.29, 1.82) is 0 Å². The predicted molar refractivity (Wildman–Crippen MR) is 95.6 cm³/mol. The van der Waals surface area contributed by atoms with E-state index in [0.717, 1.165) is 37.1 Å². The summed E-state index contributed by atoms with van der Waals surface area (Å²) in [5.41, 5.74) is 0.0934. The second kappa shape index (κ2) is 7.45. The molecule has 2 aliphatic heterocycles. The molecule has 0 unspecified atom stereocenters. The van der Waals surface area contributed by atoms with Crippen molar-refractivity contribution in [2.45, 2.75) is 50.6 Å². The van der Waals surface area contributed by atoms with E-state index in [9.17, 15) is 14.0 Å². The number of nitrogens with one attached hydrogen (secondary N) is 2. The van der Waals surface area contributed by atoms with Gasteiger partial charge in [0.15, 0.2) is 6.04 Å². The van der Waals surface area contributed by atoms with Gasteiger partial charge in [0.1, 0.15) is 32.0 Å². The molecule has 1 atom stereocenters. The molecule has 140 valence electrons. The standard InChI is InChI=1S/C20H26FN3O2/c21-16-8-4-5-9-17(16)24-19(25)14-18(20(24)26)23-12-10-22(11-13-23)15-6-2-1-3-7-15/h4-5,8-9,15,18H,1-3,6-7,10-14H2/p+2/t18-/m0/s1. The monoisotopic (exact) mass is 361 g/mol. The van der Waals surface area contributed by atoms with Crippen LogP contribution in [0, 0.1) is 5.82 Å². The minimum atomic E-state index is -0.517. The number of piperazine rings is 1. The molecule has 1 aliphatic carbocycles. The zero-order valence-electron chi connectivity index (χ0n) is 15.2. The number of para-hydroxylation sites is 1. The Balaban J connectivity index is 1.41. The van der Waals surface area contributed by atoms with Gasteiger partial charge in [-0.15, -0.1) is 0 Å². The number of rotatable bonds is 3. The highest BCUT2D eigenvalue weighted by molar-refractivity contribution is 6.21. The number of hydrogen-bond donors (Lipinski definition) is 2. The third-order valence-corrected chi connectivity index (χ3v) is 6.45. The van der Waals surface area contributed by atoms with Gasteiger partial charge in [0.2, 0.25) is 5.91 Å². The number of quaternary nitrogens is 2. The molecule has 2 heterocycles. The van der Waals surface area contributed by atoms with Gasteiger partial charge in [-0.2, -0.15) is 0 Å². The lowest BCUT2D eigenvalue weighted by atomic mass is 9.93. The molecule has 0 aromatic heterocycles. The van der Waals surface area contributed by atoms with Crippen LogP contribution < -0.4 is 14.7 Å². The van der Waals surface area contributed by atoms with Crippen LogP contribution in [-0.4, -0.2) is 50.1 Å². The largest absolute Gasteiger partial charge is 0.323 e. The second-order valence-electron chi connectivity index (χ2n) is 7.93. The summed E-state index contributed by atoms with van der Waals surface area (Å²) >= 11 is 0. The Morgan fingerprint density at radius 1 is 0.923 bits per heavy atom. The molecule has 0 radical (unpaired) electrons. The van der Waals surface area contributed by atoms with Crippen LogP contribution in [0.1, 0.15) is 38.5 Å². The fourth-order valence-electron chi connectivity index (χ4n) is 5.00. The van der Waals surface area contributed by atoms with Crippen molar-refractivity contribution in [3.05, 3.63) is 30.1 Å². The number of nitrogens with zero attached hydrogens (tertiary/aromatic N) is 1. The quantitative estimate of drug-likeness (QED) is 0.718. The summed E-state index contributed by atoms with van der Waals surface area (Å²) in [6.07, 6.45) is 6.90. The summed E-state index contributed by atoms with van der Waals surface area (Å²) in [6.45, 7) is 3.97. The van der Waals surface area contributed by atoms with E-state index in [-0.39, 0.29) is 30.0 Å². The van der Waals surface area contributed by atoms with Crippen molar-refractivity contribution in [2.75, 3.05) is 31.1 Å². The molecule has 2 saturated heterocycles. The molecule has 5 nitrogen and oxygen atoms in total. The van der Waals surface area contributed by atoms with Crippen molar-refractivity contribution in [2.24, 2.45) is 0 Å². The average molecular weight is 361 g/mol. The van der Waals surface area contributed by atoms with E-state index >= 15 is 0 Å². The smallest absolute Gasteiger partial charge is 0.292 e. The summed E-state index contributed by atoms with van der Waals surface area (Å²) in [4.78, 5) is 29.2. The Kier molecular flexibility index (Phi) is 5.05. The van der Waals surface area contributed by atoms with E-state index in [1.807, 2.05) is 0 Å². The van der Waals surface area contributed by atoms with Gasteiger partial charge in [-0.1, -0.05) is 18.6 Å². The topological polar surface area (TPSA) is 46.3 Å². The molecule has 1 aromatic rings. The molecule has 4 rings (SSSR count). The van der Waals surface area contributed by atoms with Crippen molar-refractivity contribution in [1.82, 2.24) is 0 Å². The lowest BCUT2D eigenvalue weighted by molar-refractivity contribution is -1.03. The zero-order chi connectivity index (χ0) is 18.1. The number of hydrogen-bond acceptors (Lipinski definition) is 2. The molecule has 2 amide bonds. The van der Waals surface area contributed by atoms with E-state index in [1.165, 1.54) is 49.1 Å². The Labute approximate surface area is 153 Å². The van der Waals surface area contributed by atoms with Crippen molar-refractivity contribution in [3.63, 3.8) is 0 Å². The molecule has 26 heavy (non-hydrogen) atoms. The third-order valence-electron chi connectivity index (χ3n) is 6.45. The number of halogens is 1. The minimum absolute atomic E-state index is 0.0934. The highest BCUT2D eigenvalue weighted by atomic mass is 19.1. The normalized spacial score (nSPS) is 30.8. The average Bonchev–Trinajstić information content (AvgIpc) is 2.97. The number of imide groups is 1. The zero-order valence-corrected chi connectivity index (χ0v) is 15.2. The second-order valence-corrected chi connectivity index (χ2v) is 7.93. The van der Waals surface area contributed by atoms with E-state index in [1.54, 1.807) is 17.0 Å². The molecule has 0 spiro atoms. The van der Waals surface area contributed by atoms with Gasteiger partial charge in [-0.25, -0.2) is 9.29 Å². The summed E-state index contributed by atoms with van der Waals surface area (Å²) in [5, 5.41) is 0. The predicted octanol–water partition coefficient (Wildman–Crippen LogP) is -0.426. The van der Waals surface area contributed by atoms with Crippen LogP contribution in [0.2, 0.25) is 0 Å². The summed E-state index contributed by atoms with van der Waals surface area (Å²) in [6, 6.07) is 6.46. The van der Waals surface area contributed by atoms with Crippen LogP contribution in [0.15, 0.2) is 24.3 Å². The number of benzene rings is 1. The SMILES string of the molecule is O=C1C[C@H]([NH+]2CC[NH+](C3CCCCC3)CC2)C(=O)N1c1ccccc1F. The summed E-state index contributed by atoms with van der Waals surface area (Å²) in [7, 11) is 0. The van der Waals surface area contributed by atoms with E-state index in [0.29, 0.717) is 0 Å². The molecule has 0 bridgehead atoms. The Hall–Kier alpha value is -1.79. The maximum absolute atomic E-state index is 14.1. The van der Waals surface area contributed by atoms with Crippen LogP contribution in [0.25, 0.3) is 0 Å². The minimum Gasteiger partial charge on any atom is -0.323 e. The molecule has 6 heteroatoms. The fourth-order valence-corrected chi connectivity index (χ4v) is 5.00. The van der Waals surface area contributed by atoms with Crippen molar-refractivity contribution in [3.8, 4) is 0 Å². The van der Waals surface area contributed by atoms with Gasteiger partial charge in [0, 0.05) is 0 Å². The van der Waals surface area contributed by atoms with Gasteiger partial charge in [-0.3, -0.25) is 9.59 Å². The molecule has 2 N–H and O–H groups in total. The first kappa shape index (κ1) is 17.6. The van der Waals surface area contributed by atoms with Gasteiger partial charge < -0.3 is 9.80 Å². The van der Waals surface area contributed by atoms with Crippen LogP contribution >= 0.6 is 0 Å². The van der Waals surface area contributed by atoms with E-state index in [2.05, 4.69) is 0 Å². The van der Waals surface area contributed by atoms with Gasteiger partial charge in [0.05, 0.1) is 18.2 Å². The van der Waals surface area contributed by atoms with Gasteiger partial charge in [-0.05, 0) is 37.8 Å². The first-order chi connectivity index (χ1) is 12.6. The van der Waals surface area contributed by atoms with Crippen LogP contribution in [0.5, 0.6) is 0 Å². The van der Waals surface area contributed by atoms with Gasteiger partial charge in [0.25, 0.3) is 5.91 Å². The van der Waals surface area contributed by atoms with E-state index < -0.39 is 5.82 Å². The number of carbonyl (C=O) groups is 2. The number of carbonyl (C=O) groups excluding carboxylic acids is 2. The molecule has 3 aliphatic rings. The Bertz CT molecular complexity index is 681.